The van der Waals surface area contributed by atoms with Crippen molar-refractivity contribution >= 4 is 11.6 Å². The molecule has 0 spiro atoms. The van der Waals surface area contributed by atoms with Crippen LogP contribution in [-0.4, -0.2) is 33.6 Å². The molecular formula is C10H17N5O2. The number of nitrogens with one attached hydrogen (secondary N) is 2. The van der Waals surface area contributed by atoms with Crippen molar-refractivity contribution in [1.29, 1.82) is 0 Å². The predicted octanol–water partition coefficient (Wildman–Crippen LogP) is 0.893. The third-order valence-corrected chi connectivity index (χ3v) is 3.03. The Kier molecular flexibility index (Phi) is 3.28. The van der Waals surface area contributed by atoms with E-state index in [0.717, 1.165) is 19.5 Å². The van der Waals surface area contributed by atoms with Gasteiger partial charge in [-0.2, -0.15) is 0 Å². The van der Waals surface area contributed by atoms with Crippen LogP contribution in [0.15, 0.2) is 0 Å². The number of hydrogen-bond donors (Lipinski definition) is 2. The first-order valence-corrected chi connectivity index (χ1v) is 5.82. The fraction of sp³-hybridized carbons (Fsp3) is 0.700. The molecular weight excluding hydrogens is 222 g/mol. The number of hydrogen-bond acceptors (Lipinski definition) is 5. The zero-order valence-electron chi connectivity index (χ0n) is 10.1. The lowest BCUT2D eigenvalue weighted by Crippen LogP contribution is -2.24. The highest BCUT2D eigenvalue weighted by Crippen LogP contribution is 2.26. The van der Waals surface area contributed by atoms with Crippen molar-refractivity contribution in [2.45, 2.75) is 32.9 Å². The topological polar surface area (TPSA) is 85.0 Å². The molecule has 1 aromatic heterocycles. The molecule has 1 aliphatic heterocycles. The lowest BCUT2D eigenvalue weighted by atomic mass is 10.2. The molecule has 1 aromatic rings. The highest BCUT2D eigenvalue weighted by Gasteiger charge is 2.27. The van der Waals surface area contributed by atoms with E-state index in [9.17, 15) is 10.1 Å². The van der Waals surface area contributed by atoms with Crippen LogP contribution in [0.2, 0.25) is 0 Å². The largest absolute Gasteiger partial charge is 0.406 e. The third kappa shape index (κ3) is 2.23. The zero-order chi connectivity index (χ0) is 12.4. The summed E-state index contributed by atoms with van der Waals surface area (Å²) in [6, 6.07) is 0.245. The van der Waals surface area contributed by atoms with E-state index in [0.29, 0.717) is 18.2 Å². The van der Waals surface area contributed by atoms with Gasteiger partial charge in [0.15, 0.2) is 0 Å². The van der Waals surface area contributed by atoms with Gasteiger partial charge in [-0.05, 0) is 29.8 Å². The van der Waals surface area contributed by atoms with E-state index in [4.69, 9.17) is 0 Å². The number of rotatable bonds is 4. The summed E-state index contributed by atoms with van der Waals surface area (Å²) in [6.45, 7) is 6.20. The molecule has 17 heavy (non-hydrogen) atoms. The average molecular weight is 239 g/mol. The highest BCUT2D eigenvalue weighted by molar-refractivity contribution is 5.54. The van der Waals surface area contributed by atoms with Crippen molar-refractivity contribution in [2.24, 2.45) is 0 Å². The van der Waals surface area contributed by atoms with Gasteiger partial charge < -0.3 is 20.7 Å². The molecule has 2 heterocycles. The Bertz CT molecular complexity index is 423. The van der Waals surface area contributed by atoms with Gasteiger partial charge in [0.2, 0.25) is 11.6 Å². The van der Waals surface area contributed by atoms with Crippen LogP contribution in [0.1, 0.15) is 19.2 Å². The summed E-state index contributed by atoms with van der Waals surface area (Å²) in [5.74, 6) is 1.13. The van der Waals surface area contributed by atoms with Crippen molar-refractivity contribution in [3.63, 3.8) is 0 Å². The Labute approximate surface area is 99.4 Å². The lowest BCUT2D eigenvalue weighted by molar-refractivity contribution is -0.388. The van der Waals surface area contributed by atoms with E-state index < -0.39 is 4.92 Å². The second-order valence-electron chi connectivity index (χ2n) is 4.17. The van der Waals surface area contributed by atoms with Gasteiger partial charge in [0.05, 0.1) is 0 Å². The average Bonchev–Trinajstić information content (AvgIpc) is 2.87. The van der Waals surface area contributed by atoms with Gasteiger partial charge in [-0.1, -0.05) is 0 Å². The van der Waals surface area contributed by atoms with Crippen LogP contribution in [0.25, 0.3) is 0 Å². The Morgan fingerprint density at radius 1 is 1.71 bits per heavy atom. The van der Waals surface area contributed by atoms with E-state index in [1.165, 1.54) is 0 Å². The molecule has 0 aliphatic carbocycles. The minimum absolute atomic E-state index is 0.0729. The van der Waals surface area contributed by atoms with Crippen LogP contribution in [0.3, 0.4) is 0 Å². The minimum Gasteiger partial charge on any atom is -0.360 e. The molecule has 94 valence electrons. The van der Waals surface area contributed by atoms with Crippen LogP contribution >= 0.6 is 0 Å². The molecule has 0 amide bonds. The van der Waals surface area contributed by atoms with Crippen LogP contribution in [0.5, 0.6) is 0 Å². The molecule has 1 atom stereocenters. The fourth-order valence-electron chi connectivity index (χ4n) is 2.18. The standard InChI is InChI=1S/C10H17N5O2/c1-3-14-7(2)12-10(15(16)17)9(14)13-8-4-5-11-6-8/h8,11,13H,3-6H2,1-2H3. The number of aromatic nitrogens is 2. The summed E-state index contributed by atoms with van der Waals surface area (Å²) in [7, 11) is 0. The number of nitro groups is 1. The summed E-state index contributed by atoms with van der Waals surface area (Å²) in [4.78, 5) is 14.5. The number of nitrogens with zero attached hydrogens (tertiary/aromatic N) is 3. The molecule has 0 aromatic carbocycles. The van der Waals surface area contributed by atoms with Crippen molar-refractivity contribution in [2.75, 3.05) is 18.4 Å². The summed E-state index contributed by atoms with van der Waals surface area (Å²) in [5.41, 5.74) is 0. The van der Waals surface area contributed by atoms with E-state index in [2.05, 4.69) is 15.6 Å². The Morgan fingerprint density at radius 2 is 2.47 bits per heavy atom. The molecule has 0 bridgehead atoms. The van der Waals surface area contributed by atoms with E-state index >= 15 is 0 Å². The molecule has 1 saturated heterocycles. The Morgan fingerprint density at radius 3 is 3.00 bits per heavy atom. The van der Waals surface area contributed by atoms with Gasteiger partial charge in [-0.3, -0.25) is 4.57 Å². The molecule has 1 fully saturated rings. The molecule has 0 radical (unpaired) electrons. The first-order valence-electron chi connectivity index (χ1n) is 5.82. The normalized spacial score (nSPS) is 19.5. The number of anilines is 1. The van der Waals surface area contributed by atoms with Gasteiger partial charge in [0.25, 0.3) is 0 Å². The van der Waals surface area contributed by atoms with Gasteiger partial charge in [-0.15, -0.1) is 0 Å². The Balaban J connectivity index is 2.31. The first-order chi connectivity index (χ1) is 8.13. The first kappa shape index (κ1) is 11.8. The predicted molar refractivity (Wildman–Crippen MR) is 64.2 cm³/mol. The molecule has 0 saturated carbocycles. The lowest BCUT2D eigenvalue weighted by Gasteiger charge is -2.13. The van der Waals surface area contributed by atoms with Crippen molar-refractivity contribution < 1.29 is 4.92 Å². The molecule has 7 heteroatoms. The quantitative estimate of drug-likeness (QED) is 0.602. The van der Waals surface area contributed by atoms with Crippen LogP contribution in [0, 0.1) is 17.0 Å². The monoisotopic (exact) mass is 239 g/mol. The maximum absolute atomic E-state index is 11.0. The smallest absolute Gasteiger partial charge is 0.360 e. The van der Waals surface area contributed by atoms with E-state index in [1.54, 1.807) is 6.92 Å². The van der Waals surface area contributed by atoms with Crippen molar-refractivity contribution in [3.8, 4) is 0 Å². The summed E-state index contributed by atoms with van der Waals surface area (Å²) < 4.78 is 1.84. The van der Waals surface area contributed by atoms with E-state index in [-0.39, 0.29) is 11.9 Å². The number of imidazole rings is 1. The van der Waals surface area contributed by atoms with Crippen molar-refractivity contribution in [1.82, 2.24) is 14.9 Å². The molecule has 2 N–H and O–H groups in total. The van der Waals surface area contributed by atoms with Crippen molar-refractivity contribution in [3.05, 3.63) is 15.9 Å². The second-order valence-corrected chi connectivity index (χ2v) is 4.17. The SMILES string of the molecule is CCn1c(C)nc([N+](=O)[O-])c1NC1CCNC1. The fourth-order valence-corrected chi connectivity index (χ4v) is 2.18. The van der Waals surface area contributed by atoms with Gasteiger partial charge in [0.1, 0.15) is 0 Å². The summed E-state index contributed by atoms with van der Waals surface area (Å²) in [6.07, 6.45) is 0.977. The molecule has 1 aliphatic rings. The zero-order valence-corrected chi connectivity index (χ0v) is 10.1. The van der Waals surface area contributed by atoms with Gasteiger partial charge in [-0.25, -0.2) is 0 Å². The van der Waals surface area contributed by atoms with Crippen LogP contribution in [0.4, 0.5) is 11.6 Å². The number of aryl methyl sites for hydroxylation is 1. The molecule has 2 rings (SSSR count). The van der Waals surface area contributed by atoms with E-state index in [1.807, 2.05) is 11.5 Å². The van der Waals surface area contributed by atoms with Crippen LogP contribution in [-0.2, 0) is 6.54 Å². The molecule has 1 unspecified atom stereocenters. The van der Waals surface area contributed by atoms with Gasteiger partial charge in [0, 0.05) is 26.1 Å². The summed E-state index contributed by atoms with van der Waals surface area (Å²) in [5, 5.41) is 17.4. The summed E-state index contributed by atoms with van der Waals surface area (Å²) >= 11 is 0. The maximum atomic E-state index is 11.0. The molecule has 7 nitrogen and oxygen atoms in total. The van der Waals surface area contributed by atoms with Crippen LogP contribution < -0.4 is 10.6 Å². The Hall–Kier alpha value is -1.63. The minimum atomic E-state index is -0.427. The third-order valence-electron chi connectivity index (χ3n) is 3.03. The van der Waals surface area contributed by atoms with Gasteiger partial charge >= 0.3 is 5.82 Å². The maximum Gasteiger partial charge on any atom is 0.406 e. The highest BCUT2D eigenvalue weighted by atomic mass is 16.6. The second kappa shape index (κ2) is 4.70.